The van der Waals surface area contributed by atoms with Crippen LogP contribution in [0.25, 0.3) is 0 Å². The average Bonchev–Trinajstić information content (AvgIpc) is 3.05. The van der Waals surface area contributed by atoms with Crippen molar-refractivity contribution in [1.29, 1.82) is 0 Å². The van der Waals surface area contributed by atoms with E-state index in [1.54, 1.807) is 29.2 Å². The van der Waals surface area contributed by atoms with Crippen molar-refractivity contribution >= 4 is 23.3 Å². The molecule has 7 heteroatoms. The van der Waals surface area contributed by atoms with Gasteiger partial charge in [-0.3, -0.25) is 4.79 Å². The largest absolute Gasteiger partial charge is 0.353 e. The summed E-state index contributed by atoms with van der Waals surface area (Å²) in [6.45, 7) is 1.11. The number of benzene rings is 1. The van der Waals surface area contributed by atoms with Crippen LogP contribution in [0.3, 0.4) is 0 Å². The molecule has 1 atom stereocenters. The number of anilines is 1. The molecule has 120 valence electrons. The summed E-state index contributed by atoms with van der Waals surface area (Å²) in [5.41, 5.74) is 0.113. The Hall–Kier alpha value is -2.21. The highest BCUT2D eigenvalue weighted by atomic mass is 35.5. The van der Waals surface area contributed by atoms with E-state index in [-0.39, 0.29) is 17.5 Å². The number of likely N-dealkylation sites (N-methyl/N-ethyl adjacent to an activating group) is 1. The second-order valence-corrected chi connectivity index (χ2v) is 5.89. The number of hydrogen-bond acceptors (Lipinski definition) is 4. The van der Waals surface area contributed by atoms with Crippen LogP contribution >= 0.6 is 11.6 Å². The van der Waals surface area contributed by atoms with Gasteiger partial charge in [0.05, 0.1) is 5.56 Å². The lowest BCUT2D eigenvalue weighted by Gasteiger charge is -2.25. The van der Waals surface area contributed by atoms with Gasteiger partial charge in [0.25, 0.3) is 5.91 Å². The maximum absolute atomic E-state index is 13.8. The van der Waals surface area contributed by atoms with Gasteiger partial charge in [0.1, 0.15) is 5.82 Å². The summed E-state index contributed by atoms with van der Waals surface area (Å²) < 4.78 is 13.8. The van der Waals surface area contributed by atoms with E-state index in [4.69, 9.17) is 11.6 Å². The fourth-order valence-corrected chi connectivity index (χ4v) is 2.83. The van der Waals surface area contributed by atoms with Gasteiger partial charge in [-0.05, 0) is 30.7 Å². The molecule has 3 rings (SSSR count). The lowest BCUT2D eigenvalue weighted by atomic mass is 10.2. The maximum atomic E-state index is 13.8. The molecule has 1 amide bonds. The Bertz CT molecular complexity index is 709. The van der Waals surface area contributed by atoms with E-state index in [1.165, 1.54) is 12.1 Å². The van der Waals surface area contributed by atoms with Crippen molar-refractivity contribution in [3.63, 3.8) is 0 Å². The summed E-state index contributed by atoms with van der Waals surface area (Å²) in [4.78, 5) is 16.1. The summed E-state index contributed by atoms with van der Waals surface area (Å²) in [5.74, 6) is -0.0707. The van der Waals surface area contributed by atoms with Crippen molar-refractivity contribution in [3.8, 4) is 0 Å². The number of halogens is 2. The molecule has 1 aliphatic heterocycles. The normalized spacial score (nSPS) is 17.3. The molecule has 2 heterocycles. The Balaban J connectivity index is 1.69. The van der Waals surface area contributed by atoms with E-state index in [1.807, 2.05) is 11.9 Å². The van der Waals surface area contributed by atoms with Crippen LogP contribution in [-0.4, -0.2) is 47.2 Å². The number of amides is 1. The summed E-state index contributed by atoms with van der Waals surface area (Å²) in [6, 6.07) is 9.64. The molecule has 1 saturated heterocycles. The molecule has 1 aliphatic rings. The number of nitrogens with zero attached hydrogens (tertiary/aromatic N) is 4. The van der Waals surface area contributed by atoms with Gasteiger partial charge in [-0.15, -0.1) is 10.2 Å². The van der Waals surface area contributed by atoms with E-state index >= 15 is 0 Å². The molecule has 5 nitrogen and oxygen atoms in total. The van der Waals surface area contributed by atoms with E-state index in [0.29, 0.717) is 24.1 Å². The van der Waals surface area contributed by atoms with Gasteiger partial charge < -0.3 is 9.80 Å². The molecule has 1 fully saturated rings. The average molecular weight is 335 g/mol. The maximum Gasteiger partial charge on any atom is 0.256 e. The van der Waals surface area contributed by atoms with Crippen LogP contribution in [0.15, 0.2) is 36.4 Å². The van der Waals surface area contributed by atoms with Gasteiger partial charge in [-0.2, -0.15) is 0 Å². The Kier molecular flexibility index (Phi) is 4.43. The highest BCUT2D eigenvalue weighted by molar-refractivity contribution is 6.29. The second-order valence-electron chi connectivity index (χ2n) is 5.50. The summed E-state index contributed by atoms with van der Waals surface area (Å²) in [6.07, 6.45) is 0.793. The Labute approximate surface area is 138 Å². The van der Waals surface area contributed by atoms with Crippen molar-refractivity contribution in [2.24, 2.45) is 0 Å². The van der Waals surface area contributed by atoms with E-state index in [2.05, 4.69) is 10.2 Å². The third-order valence-electron chi connectivity index (χ3n) is 4.08. The van der Waals surface area contributed by atoms with Gasteiger partial charge in [-0.25, -0.2) is 4.39 Å². The Morgan fingerprint density at radius 2 is 2.09 bits per heavy atom. The fraction of sp³-hybridized carbons (Fsp3) is 0.312. The third-order valence-corrected chi connectivity index (χ3v) is 4.28. The fourth-order valence-electron chi connectivity index (χ4n) is 2.73. The Morgan fingerprint density at radius 1 is 1.30 bits per heavy atom. The minimum atomic E-state index is -0.488. The van der Waals surface area contributed by atoms with Crippen LogP contribution in [0.4, 0.5) is 10.2 Å². The third kappa shape index (κ3) is 3.27. The highest BCUT2D eigenvalue weighted by Gasteiger charge is 2.31. The predicted octanol–water partition coefficient (Wildman–Crippen LogP) is 2.62. The topological polar surface area (TPSA) is 49.3 Å². The second kappa shape index (κ2) is 6.50. The highest BCUT2D eigenvalue weighted by Crippen LogP contribution is 2.22. The minimum Gasteiger partial charge on any atom is -0.353 e. The molecule has 23 heavy (non-hydrogen) atoms. The molecule has 0 bridgehead atoms. The molecular weight excluding hydrogens is 319 g/mol. The number of carbonyl (C=O) groups is 1. The van der Waals surface area contributed by atoms with E-state index in [9.17, 15) is 9.18 Å². The summed E-state index contributed by atoms with van der Waals surface area (Å²) >= 11 is 5.74. The molecule has 0 N–H and O–H groups in total. The van der Waals surface area contributed by atoms with Crippen molar-refractivity contribution in [1.82, 2.24) is 15.1 Å². The first-order chi connectivity index (χ1) is 11.1. The van der Waals surface area contributed by atoms with Crippen LogP contribution in [0.1, 0.15) is 16.8 Å². The number of carbonyl (C=O) groups excluding carboxylic acids is 1. The number of aromatic nitrogens is 2. The van der Waals surface area contributed by atoms with Crippen molar-refractivity contribution in [3.05, 3.63) is 52.9 Å². The first-order valence-corrected chi connectivity index (χ1v) is 7.70. The first-order valence-electron chi connectivity index (χ1n) is 7.32. The zero-order valence-corrected chi connectivity index (χ0v) is 13.4. The van der Waals surface area contributed by atoms with Gasteiger partial charge in [0.15, 0.2) is 11.0 Å². The van der Waals surface area contributed by atoms with Gasteiger partial charge in [-0.1, -0.05) is 23.7 Å². The molecule has 1 aromatic heterocycles. The number of likely N-dealkylation sites (tertiary alicyclic amines) is 1. The zero-order valence-electron chi connectivity index (χ0n) is 12.6. The van der Waals surface area contributed by atoms with Crippen LogP contribution in [0.5, 0.6) is 0 Å². The minimum absolute atomic E-state index is 0.112. The molecular formula is C16H16ClFN4O. The zero-order chi connectivity index (χ0) is 16.4. The van der Waals surface area contributed by atoms with Gasteiger partial charge >= 0.3 is 0 Å². The predicted molar refractivity (Wildman–Crippen MR) is 86.2 cm³/mol. The summed E-state index contributed by atoms with van der Waals surface area (Å²) in [5, 5.41) is 8.21. The van der Waals surface area contributed by atoms with E-state index in [0.717, 1.165) is 6.42 Å². The standard InChI is InChI=1S/C16H16ClFN4O/c1-21(15-7-6-14(17)19-20-15)11-8-9-22(10-11)16(23)12-4-2-3-5-13(12)18/h2-7,11H,8-10H2,1H3/t11-/m1/s1. The monoisotopic (exact) mass is 334 g/mol. The van der Waals surface area contributed by atoms with Crippen molar-refractivity contribution < 1.29 is 9.18 Å². The number of rotatable bonds is 3. The van der Waals surface area contributed by atoms with Gasteiger partial charge in [0.2, 0.25) is 0 Å². The van der Waals surface area contributed by atoms with Crippen molar-refractivity contribution in [2.75, 3.05) is 25.0 Å². The molecule has 0 spiro atoms. The summed E-state index contributed by atoms with van der Waals surface area (Å²) in [7, 11) is 1.90. The van der Waals surface area contributed by atoms with Crippen molar-refractivity contribution in [2.45, 2.75) is 12.5 Å². The SMILES string of the molecule is CN(c1ccc(Cl)nn1)[C@@H]1CCN(C(=O)c2ccccc2F)C1. The smallest absolute Gasteiger partial charge is 0.256 e. The molecule has 1 aromatic carbocycles. The van der Waals surface area contributed by atoms with E-state index < -0.39 is 5.82 Å². The molecule has 0 unspecified atom stereocenters. The quantitative estimate of drug-likeness (QED) is 0.865. The molecule has 0 radical (unpaired) electrons. The van der Waals surface area contributed by atoms with Crippen LogP contribution in [0, 0.1) is 5.82 Å². The van der Waals surface area contributed by atoms with Crippen LogP contribution in [-0.2, 0) is 0 Å². The Morgan fingerprint density at radius 3 is 2.78 bits per heavy atom. The number of hydrogen-bond donors (Lipinski definition) is 0. The van der Waals surface area contributed by atoms with Crippen LogP contribution < -0.4 is 4.90 Å². The molecule has 0 aliphatic carbocycles. The lowest BCUT2D eigenvalue weighted by Crippen LogP contribution is -2.37. The van der Waals surface area contributed by atoms with Gasteiger partial charge in [0, 0.05) is 26.2 Å². The lowest BCUT2D eigenvalue weighted by molar-refractivity contribution is 0.0786. The first kappa shape index (κ1) is 15.7. The molecule has 2 aromatic rings. The van der Waals surface area contributed by atoms with Crippen LogP contribution in [0.2, 0.25) is 5.15 Å². The molecule has 0 saturated carbocycles.